The van der Waals surface area contributed by atoms with Crippen LogP contribution in [0.3, 0.4) is 0 Å². The second-order valence-corrected chi connectivity index (χ2v) is 4.01. The standard InChI is InChI=1S/C11H23NO3/c1-5-11(14,6-2)8-12-10(13)9(3)7-15-4/h9,14H,5-8H2,1-4H3,(H,12,13). The molecule has 4 nitrogen and oxygen atoms in total. The summed E-state index contributed by atoms with van der Waals surface area (Å²) in [6.45, 7) is 6.34. The lowest BCUT2D eigenvalue weighted by Gasteiger charge is -2.26. The Morgan fingerprint density at radius 1 is 1.47 bits per heavy atom. The minimum absolute atomic E-state index is 0.0721. The van der Waals surface area contributed by atoms with E-state index in [1.54, 1.807) is 14.0 Å². The average Bonchev–Trinajstić information content (AvgIpc) is 2.25. The van der Waals surface area contributed by atoms with Crippen LogP contribution >= 0.6 is 0 Å². The first-order valence-corrected chi connectivity index (χ1v) is 5.48. The van der Waals surface area contributed by atoms with Gasteiger partial charge in [0, 0.05) is 13.7 Å². The van der Waals surface area contributed by atoms with Gasteiger partial charge in [-0.15, -0.1) is 0 Å². The van der Waals surface area contributed by atoms with Gasteiger partial charge in [-0.1, -0.05) is 20.8 Å². The fourth-order valence-electron chi connectivity index (χ4n) is 1.25. The molecule has 0 aromatic heterocycles. The molecule has 0 rings (SSSR count). The Hall–Kier alpha value is -0.610. The van der Waals surface area contributed by atoms with Gasteiger partial charge in [0.2, 0.25) is 5.91 Å². The van der Waals surface area contributed by atoms with Crippen LogP contribution in [0.5, 0.6) is 0 Å². The molecule has 0 saturated carbocycles. The van der Waals surface area contributed by atoms with Gasteiger partial charge in [-0.25, -0.2) is 0 Å². The molecule has 0 aromatic carbocycles. The van der Waals surface area contributed by atoms with E-state index in [2.05, 4.69) is 5.32 Å². The molecule has 1 atom stereocenters. The van der Waals surface area contributed by atoms with Gasteiger partial charge in [-0.3, -0.25) is 4.79 Å². The molecule has 1 amide bonds. The first-order chi connectivity index (χ1) is 6.99. The van der Waals surface area contributed by atoms with E-state index in [1.807, 2.05) is 13.8 Å². The van der Waals surface area contributed by atoms with Crippen LogP contribution in [0.1, 0.15) is 33.6 Å². The predicted octanol–water partition coefficient (Wildman–Crippen LogP) is 0.936. The van der Waals surface area contributed by atoms with Crippen LogP contribution in [0.2, 0.25) is 0 Å². The summed E-state index contributed by atoms with van der Waals surface area (Å²) in [5.41, 5.74) is -0.775. The maximum atomic E-state index is 11.5. The number of methoxy groups -OCH3 is 1. The quantitative estimate of drug-likeness (QED) is 0.667. The molecule has 0 spiro atoms. The van der Waals surface area contributed by atoms with Gasteiger partial charge in [0.1, 0.15) is 0 Å². The number of amides is 1. The monoisotopic (exact) mass is 217 g/mol. The van der Waals surface area contributed by atoms with Crippen molar-refractivity contribution >= 4 is 5.91 Å². The molecular formula is C11H23NO3. The van der Waals surface area contributed by atoms with Crippen molar-refractivity contribution in [1.29, 1.82) is 0 Å². The number of hydrogen-bond acceptors (Lipinski definition) is 3. The summed E-state index contributed by atoms with van der Waals surface area (Å²) in [5.74, 6) is -0.245. The summed E-state index contributed by atoms with van der Waals surface area (Å²) < 4.78 is 4.89. The molecule has 0 heterocycles. The lowest BCUT2D eigenvalue weighted by Crippen LogP contribution is -2.44. The van der Waals surface area contributed by atoms with E-state index in [0.717, 1.165) is 0 Å². The third-order valence-electron chi connectivity index (χ3n) is 2.77. The van der Waals surface area contributed by atoms with Crippen molar-refractivity contribution in [2.45, 2.75) is 39.2 Å². The van der Waals surface area contributed by atoms with Gasteiger partial charge in [-0.2, -0.15) is 0 Å². The third-order valence-corrected chi connectivity index (χ3v) is 2.77. The number of rotatable bonds is 7. The first-order valence-electron chi connectivity index (χ1n) is 5.48. The smallest absolute Gasteiger partial charge is 0.225 e. The van der Waals surface area contributed by atoms with Crippen molar-refractivity contribution in [1.82, 2.24) is 5.32 Å². The first kappa shape index (κ1) is 14.4. The lowest BCUT2D eigenvalue weighted by molar-refractivity contribution is -0.127. The Labute approximate surface area is 92.0 Å². The van der Waals surface area contributed by atoms with Gasteiger partial charge >= 0.3 is 0 Å². The van der Waals surface area contributed by atoms with Crippen molar-refractivity contribution in [3.63, 3.8) is 0 Å². The summed E-state index contributed by atoms with van der Waals surface area (Å²) >= 11 is 0. The maximum absolute atomic E-state index is 11.5. The SMILES string of the molecule is CCC(O)(CC)CNC(=O)C(C)COC. The fourth-order valence-corrected chi connectivity index (χ4v) is 1.25. The highest BCUT2D eigenvalue weighted by Crippen LogP contribution is 2.13. The number of carbonyl (C=O) groups excluding carboxylic acids is 1. The van der Waals surface area contributed by atoms with E-state index in [0.29, 0.717) is 26.0 Å². The summed E-state index contributed by atoms with van der Waals surface area (Å²) in [6, 6.07) is 0. The minimum Gasteiger partial charge on any atom is -0.388 e. The molecule has 90 valence electrons. The Balaban J connectivity index is 3.98. The molecule has 0 aromatic rings. The molecule has 0 radical (unpaired) electrons. The van der Waals surface area contributed by atoms with Crippen LogP contribution < -0.4 is 5.32 Å². The van der Waals surface area contributed by atoms with Gasteiger partial charge in [-0.05, 0) is 12.8 Å². The molecular weight excluding hydrogens is 194 g/mol. The zero-order chi connectivity index (χ0) is 11.9. The summed E-state index contributed by atoms with van der Waals surface area (Å²) in [5, 5.41) is 12.7. The van der Waals surface area contributed by atoms with Crippen LogP contribution in [0.25, 0.3) is 0 Å². The largest absolute Gasteiger partial charge is 0.388 e. The molecule has 0 bridgehead atoms. The Morgan fingerprint density at radius 2 is 2.00 bits per heavy atom. The van der Waals surface area contributed by atoms with Crippen LogP contribution in [0, 0.1) is 5.92 Å². The zero-order valence-electron chi connectivity index (χ0n) is 10.2. The van der Waals surface area contributed by atoms with E-state index >= 15 is 0 Å². The number of ether oxygens (including phenoxy) is 1. The molecule has 0 aliphatic heterocycles. The lowest BCUT2D eigenvalue weighted by atomic mass is 9.97. The predicted molar refractivity (Wildman–Crippen MR) is 59.6 cm³/mol. The fraction of sp³-hybridized carbons (Fsp3) is 0.909. The van der Waals surface area contributed by atoms with E-state index in [1.165, 1.54) is 0 Å². The van der Waals surface area contributed by atoms with Crippen molar-refractivity contribution in [2.24, 2.45) is 5.92 Å². The van der Waals surface area contributed by atoms with E-state index in [4.69, 9.17) is 4.74 Å². The number of aliphatic hydroxyl groups is 1. The van der Waals surface area contributed by atoms with Crippen LogP contribution in [0.15, 0.2) is 0 Å². The van der Waals surface area contributed by atoms with Crippen LogP contribution in [-0.2, 0) is 9.53 Å². The molecule has 0 aliphatic rings. The highest BCUT2D eigenvalue weighted by molar-refractivity contribution is 5.78. The topological polar surface area (TPSA) is 58.6 Å². The average molecular weight is 217 g/mol. The van der Waals surface area contributed by atoms with Gasteiger partial charge in [0.05, 0.1) is 18.1 Å². The highest BCUT2D eigenvalue weighted by Gasteiger charge is 2.23. The Morgan fingerprint density at radius 3 is 2.40 bits per heavy atom. The highest BCUT2D eigenvalue weighted by atomic mass is 16.5. The number of hydrogen-bond donors (Lipinski definition) is 2. The third kappa shape index (κ3) is 5.14. The Bertz CT molecular complexity index is 190. The van der Waals surface area contributed by atoms with E-state index in [9.17, 15) is 9.90 Å². The molecule has 0 fully saturated rings. The number of nitrogens with one attached hydrogen (secondary N) is 1. The summed E-state index contributed by atoms with van der Waals surface area (Å²) in [7, 11) is 1.57. The Kier molecular flexibility index (Phi) is 6.52. The van der Waals surface area contributed by atoms with Crippen molar-refractivity contribution in [2.75, 3.05) is 20.3 Å². The molecule has 0 aliphatic carbocycles. The summed E-state index contributed by atoms with van der Waals surface area (Å²) in [6.07, 6.45) is 1.28. The van der Waals surface area contributed by atoms with Crippen molar-refractivity contribution < 1.29 is 14.6 Å². The molecule has 15 heavy (non-hydrogen) atoms. The second kappa shape index (κ2) is 6.80. The summed E-state index contributed by atoms with van der Waals surface area (Å²) in [4.78, 5) is 11.5. The van der Waals surface area contributed by atoms with Gasteiger partial charge in [0.15, 0.2) is 0 Å². The van der Waals surface area contributed by atoms with Crippen LogP contribution in [-0.4, -0.2) is 36.9 Å². The second-order valence-electron chi connectivity index (χ2n) is 4.01. The van der Waals surface area contributed by atoms with Gasteiger partial charge in [0.25, 0.3) is 0 Å². The molecule has 1 unspecified atom stereocenters. The normalized spacial score (nSPS) is 13.7. The van der Waals surface area contributed by atoms with E-state index < -0.39 is 5.60 Å². The molecule has 2 N–H and O–H groups in total. The van der Waals surface area contributed by atoms with Crippen molar-refractivity contribution in [3.8, 4) is 0 Å². The zero-order valence-corrected chi connectivity index (χ0v) is 10.2. The maximum Gasteiger partial charge on any atom is 0.225 e. The van der Waals surface area contributed by atoms with Crippen molar-refractivity contribution in [3.05, 3.63) is 0 Å². The molecule has 4 heteroatoms. The number of carbonyl (C=O) groups is 1. The van der Waals surface area contributed by atoms with Crippen LogP contribution in [0.4, 0.5) is 0 Å². The van der Waals surface area contributed by atoms with Gasteiger partial charge < -0.3 is 15.2 Å². The molecule has 0 saturated heterocycles. The minimum atomic E-state index is -0.775. The van der Waals surface area contributed by atoms with E-state index in [-0.39, 0.29) is 11.8 Å².